The van der Waals surface area contributed by atoms with Crippen molar-refractivity contribution in [2.24, 2.45) is 0 Å². The molecular weight excluding hydrogens is 312 g/mol. The monoisotopic (exact) mass is 335 g/mol. The van der Waals surface area contributed by atoms with E-state index in [9.17, 15) is 0 Å². The molecule has 2 aromatic heterocycles. The van der Waals surface area contributed by atoms with Gasteiger partial charge >= 0.3 is 0 Å². The third kappa shape index (κ3) is 2.68. The van der Waals surface area contributed by atoms with E-state index in [4.69, 9.17) is 9.72 Å². The van der Waals surface area contributed by atoms with E-state index in [2.05, 4.69) is 52.7 Å². The first-order valence-corrected chi connectivity index (χ1v) is 9.17. The van der Waals surface area contributed by atoms with Crippen molar-refractivity contribution < 1.29 is 9.72 Å². The van der Waals surface area contributed by atoms with Gasteiger partial charge in [0, 0.05) is 18.5 Å². The minimum atomic E-state index is 0.510. The second-order valence-corrected chi connectivity index (χ2v) is 7.27. The number of piperidine rings is 1. The van der Waals surface area contributed by atoms with Gasteiger partial charge in [0.25, 0.3) is 5.82 Å². The summed E-state index contributed by atoms with van der Waals surface area (Å²) in [6.45, 7) is 4.10. The number of nitrogens with zero attached hydrogens (tertiary/aromatic N) is 1. The number of aromatic amines is 2. The van der Waals surface area contributed by atoms with E-state index in [0.29, 0.717) is 12.0 Å². The Bertz CT molecular complexity index is 933. The molecule has 25 heavy (non-hydrogen) atoms. The minimum Gasteiger partial charge on any atom is -0.493 e. The Balaban J connectivity index is 1.49. The van der Waals surface area contributed by atoms with Crippen LogP contribution in [0, 0.1) is 0 Å². The van der Waals surface area contributed by atoms with Crippen LogP contribution in [-0.2, 0) is 6.42 Å². The van der Waals surface area contributed by atoms with Gasteiger partial charge in [-0.25, -0.2) is 4.98 Å². The zero-order valence-corrected chi connectivity index (χ0v) is 14.4. The Hall–Kier alpha value is -2.40. The lowest BCUT2D eigenvalue weighted by molar-refractivity contribution is -0.397. The standard InChI is InChI=1S/C20H22N4O/c1-12-8-15(4-6-21-12)20-22-11-18-17(24-20)10-16(23-18)13-2-3-19-14(9-13)5-7-25-19/h2-3,9-12,15,21,23H,4-8H2,1H3/p+1. The molecule has 0 bridgehead atoms. The highest BCUT2D eigenvalue weighted by molar-refractivity contribution is 5.81. The molecule has 0 aliphatic carbocycles. The summed E-state index contributed by atoms with van der Waals surface area (Å²) in [6, 6.07) is 9.14. The summed E-state index contributed by atoms with van der Waals surface area (Å²) in [4.78, 5) is 11.8. The van der Waals surface area contributed by atoms with Gasteiger partial charge in [0.15, 0.2) is 0 Å². The van der Waals surface area contributed by atoms with Gasteiger partial charge < -0.3 is 15.0 Å². The summed E-state index contributed by atoms with van der Waals surface area (Å²) in [6.07, 6.45) is 5.33. The van der Waals surface area contributed by atoms with Crippen LogP contribution in [-0.4, -0.2) is 29.2 Å². The second kappa shape index (κ2) is 5.85. The maximum Gasteiger partial charge on any atom is 0.300 e. The molecule has 0 spiro atoms. The maximum absolute atomic E-state index is 5.61. The summed E-state index contributed by atoms with van der Waals surface area (Å²) >= 11 is 0. The lowest BCUT2D eigenvalue weighted by Crippen LogP contribution is -2.36. The van der Waals surface area contributed by atoms with Crippen molar-refractivity contribution in [3.8, 4) is 17.0 Å². The Kier molecular flexibility index (Phi) is 3.48. The Morgan fingerprint density at radius 3 is 3.16 bits per heavy atom. The molecule has 1 aromatic carbocycles. The predicted molar refractivity (Wildman–Crippen MR) is 96.7 cm³/mol. The van der Waals surface area contributed by atoms with Crippen LogP contribution in [0.15, 0.2) is 30.5 Å². The van der Waals surface area contributed by atoms with Crippen LogP contribution in [0.4, 0.5) is 0 Å². The molecule has 2 atom stereocenters. The smallest absolute Gasteiger partial charge is 0.300 e. The van der Waals surface area contributed by atoms with Gasteiger partial charge in [0.2, 0.25) is 5.52 Å². The van der Waals surface area contributed by atoms with Gasteiger partial charge in [-0.15, -0.1) is 0 Å². The van der Waals surface area contributed by atoms with Crippen LogP contribution >= 0.6 is 0 Å². The first-order chi connectivity index (χ1) is 12.3. The average Bonchev–Trinajstić information content (AvgIpc) is 3.26. The summed E-state index contributed by atoms with van der Waals surface area (Å²) in [5.74, 6) is 2.64. The number of benzene rings is 1. The number of nitrogens with one attached hydrogen (secondary N) is 3. The summed E-state index contributed by atoms with van der Waals surface area (Å²) in [7, 11) is 0. The van der Waals surface area contributed by atoms with Crippen molar-refractivity contribution in [2.45, 2.75) is 38.1 Å². The second-order valence-electron chi connectivity index (χ2n) is 7.27. The van der Waals surface area contributed by atoms with Crippen LogP contribution in [0.2, 0.25) is 0 Å². The Morgan fingerprint density at radius 1 is 1.28 bits per heavy atom. The third-order valence-corrected chi connectivity index (χ3v) is 5.44. The summed E-state index contributed by atoms with van der Waals surface area (Å²) in [5.41, 5.74) is 5.69. The first kappa shape index (κ1) is 14.9. The van der Waals surface area contributed by atoms with E-state index in [1.165, 1.54) is 11.1 Å². The molecule has 1 fully saturated rings. The van der Waals surface area contributed by atoms with Gasteiger partial charge in [0.1, 0.15) is 17.5 Å². The highest BCUT2D eigenvalue weighted by atomic mass is 16.5. The SMILES string of the molecule is CC1CC(c2nc3cc(-c4ccc5c(c4)CCO5)[nH]c3c[nH+]2)CCN1. The van der Waals surface area contributed by atoms with E-state index in [0.717, 1.165) is 60.7 Å². The van der Waals surface area contributed by atoms with Crippen molar-refractivity contribution in [3.05, 3.63) is 41.9 Å². The van der Waals surface area contributed by atoms with Crippen molar-refractivity contribution in [1.29, 1.82) is 0 Å². The van der Waals surface area contributed by atoms with Crippen molar-refractivity contribution in [2.75, 3.05) is 13.2 Å². The molecule has 5 heteroatoms. The summed E-state index contributed by atoms with van der Waals surface area (Å²) in [5, 5.41) is 3.51. The summed E-state index contributed by atoms with van der Waals surface area (Å²) < 4.78 is 5.61. The van der Waals surface area contributed by atoms with Crippen LogP contribution in [0.5, 0.6) is 5.75 Å². The molecule has 5 nitrogen and oxygen atoms in total. The fraction of sp³-hybridized carbons (Fsp3) is 0.400. The van der Waals surface area contributed by atoms with Crippen molar-refractivity contribution in [3.63, 3.8) is 0 Å². The van der Waals surface area contributed by atoms with Crippen LogP contribution in [0.1, 0.15) is 37.1 Å². The molecule has 0 radical (unpaired) electrons. The van der Waals surface area contributed by atoms with E-state index in [1.54, 1.807) is 0 Å². The van der Waals surface area contributed by atoms with Crippen LogP contribution in [0.25, 0.3) is 22.3 Å². The average molecular weight is 335 g/mol. The van der Waals surface area contributed by atoms with Crippen LogP contribution < -0.4 is 15.0 Å². The van der Waals surface area contributed by atoms with Gasteiger partial charge in [-0.05, 0) is 60.6 Å². The lowest BCUT2D eigenvalue weighted by Gasteiger charge is -2.24. The normalized spacial score (nSPS) is 22.8. The van der Waals surface area contributed by atoms with Gasteiger partial charge in [-0.3, -0.25) is 0 Å². The number of aromatic nitrogens is 3. The quantitative estimate of drug-likeness (QED) is 0.757. The van der Waals surface area contributed by atoms with E-state index < -0.39 is 0 Å². The minimum absolute atomic E-state index is 0.510. The number of hydrogen-bond donors (Lipinski definition) is 2. The van der Waals surface area contributed by atoms with Gasteiger partial charge in [-0.2, -0.15) is 0 Å². The first-order valence-electron chi connectivity index (χ1n) is 9.17. The molecule has 2 aliphatic rings. The lowest BCUT2D eigenvalue weighted by atomic mass is 9.92. The number of ether oxygens (including phenoxy) is 1. The molecule has 0 amide bonds. The zero-order valence-electron chi connectivity index (χ0n) is 14.4. The fourth-order valence-electron chi connectivity index (χ4n) is 4.07. The van der Waals surface area contributed by atoms with E-state index in [-0.39, 0.29) is 0 Å². The van der Waals surface area contributed by atoms with Gasteiger partial charge in [0.05, 0.1) is 18.2 Å². The molecular formula is C20H23N4O+. The number of fused-ring (bicyclic) bond motifs is 2. The predicted octanol–water partition coefficient (Wildman–Crippen LogP) is 2.83. The molecule has 1 saturated heterocycles. The number of rotatable bonds is 2. The molecule has 5 rings (SSSR count). The van der Waals surface area contributed by atoms with Gasteiger partial charge in [-0.1, -0.05) is 0 Å². The molecule has 4 heterocycles. The molecule has 0 saturated carbocycles. The molecule has 3 aromatic rings. The Morgan fingerprint density at radius 2 is 2.24 bits per heavy atom. The van der Waals surface area contributed by atoms with Crippen molar-refractivity contribution >= 4 is 11.0 Å². The molecule has 128 valence electrons. The highest BCUT2D eigenvalue weighted by Crippen LogP contribution is 2.31. The zero-order chi connectivity index (χ0) is 16.8. The maximum atomic E-state index is 5.61. The molecule has 2 aliphatic heterocycles. The number of H-pyrrole nitrogens is 2. The molecule has 3 N–H and O–H groups in total. The number of hydrogen-bond acceptors (Lipinski definition) is 3. The van der Waals surface area contributed by atoms with E-state index in [1.807, 2.05) is 0 Å². The fourth-order valence-corrected chi connectivity index (χ4v) is 4.07. The molecule has 2 unspecified atom stereocenters. The van der Waals surface area contributed by atoms with E-state index >= 15 is 0 Å². The third-order valence-electron chi connectivity index (χ3n) is 5.44. The van der Waals surface area contributed by atoms with Crippen LogP contribution in [0.3, 0.4) is 0 Å². The highest BCUT2D eigenvalue weighted by Gasteiger charge is 2.27. The largest absolute Gasteiger partial charge is 0.493 e. The topological polar surface area (TPSA) is 64.1 Å². The Labute approximate surface area is 146 Å². The van der Waals surface area contributed by atoms with Crippen molar-refractivity contribution in [1.82, 2.24) is 15.3 Å².